The first-order valence-corrected chi connectivity index (χ1v) is 7.22. The largest absolute Gasteiger partial charge is 0.379 e. The Morgan fingerprint density at radius 1 is 1.69 bits per heavy atom. The van der Waals surface area contributed by atoms with E-state index in [4.69, 9.17) is 0 Å². The fourth-order valence-electron chi connectivity index (χ4n) is 1.27. The molecule has 1 aromatic rings. The van der Waals surface area contributed by atoms with E-state index in [1.807, 2.05) is 6.92 Å². The zero-order valence-corrected chi connectivity index (χ0v) is 11.8. The van der Waals surface area contributed by atoms with Gasteiger partial charge >= 0.3 is 0 Å². The number of anilines is 1. The van der Waals surface area contributed by atoms with E-state index < -0.39 is 10.8 Å². The third kappa shape index (κ3) is 3.41. The van der Waals surface area contributed by atoms with E-state index in [1.54, 1.807) is 19.5 Å². The first-order chi connectivity index (χ1) is 7.41. The maximum absolute atomic E-state index is 11.5. The molecule has 0 saturated carbocycles. The van der Waals surface area contributed by atoms with Crippen molar-refractivity contribution in [3.05, 3.63) is 21.0 Å². The second-order valence-electron chi connectivity index (χ2n) is 3.59. The molecular formula is C9H14BrN3O2S. The molecular weight excluding hydrogens is 294 g/mol. The number of aryl methyl sites for hydroxylation is 1. The Morgan fingerprint density at radius 2 is 2.31 bits per heavy atom. The summed E-state index contributed by atoms with van der Waals surface area (Å²) in [7, 11) is 0.718. The van der Waals surface area contributed by atoms with Gasteiger partial charge in [-0.15, -0.1) is 0 Å². The molecule has 0 aliphatic rings. The summed E-state index contributed by atoms with van der Waals surface area (Å²) in [6.45, 7) is 1.91. The molecule has 0 saturated heterocycles. The van der Waals surface area contributed by atoms with Gasteiger partial charge in [-0.25, -0.2) is 4.68 Å². The van der Waals surface area contributed by atoms with Gasteiger partial charge in [0.15, 0.2) is 0 Å². The molecule has 90 valence electrons. The minimum atomic E-state index is -0.867. The van der Waals surface area contributed by atoms with E-state index in [2.05, 4.69) is 26.3 Å². The second kappa shape index (κ2) is 5.58. The molecule has 0 bridgehead atoms. The number of aromatic nitrogens is 2. The van der Waals surface area contributed by atoms with Crippen LogP contribution in [0.4, 0.5) is 5.69 Å². The van der Waals surface area contributed by atoms with Gasteiger partial charge in [-0.05, 0) is 22.9 Å². The monoisotopic (exact) mass is 307 g/mol. The first kappa shape index (κ1) is 13.4. The van der Waals surface area contributed by atoms with Crippen LogP contribution in [0.3, 0.4) is 0 Å². The van der Waals surface area contributed by atoms with Crippen molar-refractivity contribution in [2.45, 2.75) is 13.0 Å². The topological polar surface area (TPSA) is 64.0 Å². The molecule has 0 aromatic carbocycles. The summed E-state index contributed by atoms with van der Waals surface area (Å²) >= 11 is 3.21. The normalized spacial score (nSPS) is 14.5. The summed E-state index contributed by atoms with van der Waals surface area (Å²) in [5, 5.41) is 7.00. The van der Waals surface area contributed by atoms with Crippen LogP contribution in [0.1, 0.15) is 6.92 Å². The molecule has 1 aromatic heterocycles. The van der Waals surface area contributed by atoms with Gasteiger partial charge in [-0.2, -0.15) is 5.10 Å². The molecule has 1 heterocycles. The van der Waals surface area contributed by atoms with Crippen molar-refractivity contribution in [1.29, 1.82) is 0 Å². The smallest absolute Gasteiger partial charge is 0.282 e. The molecule has 1 N–H and O–H groups in total. The van der Waals surface area contributed by atoms with Gasteiger partial charge in [0.1, 0.15) is 4.47 Å². The van der Waals surface area contributed by atoms with Gasteiger partial charge < -0.3 is 5.32 Å². The standard InChI is InChI=1S/C9H14BrN3O2S/c1-6(5-16(3)15)12-7-4-11-13(2)9(14)8(7)10/h4,6,12H,5H2,1-3H3. The van der Waals surface area contributed by atoms with Crippen LogP contribution in [0.2, 0.25) is 0 Å². The summed E-state index contributed by atoms with van der Waals surface area (Å²) in [6, 6.07) is 0.0241. The summed E-state index contributed by atoms with van der Waals surface area (Å²) in [5.41, 5.74) is 0.427. The molecule has 0 aliphatic heterocycles. The lowest BCUT2D eigenvalue weighted by Crippen LogP contribution is -2.26. The predicted octanol–water partition coefficient (Wildman–Crippen LogP) is 0.722. The van der Waals surface area contributed by atoms with Gasteiger partial charge in [0.2, 0.25) is 0 Å². The fourth-order valence-corrected chi connectivity index (χ4v) is 2.53. The zero-order valence-electron chi connectivity index (χ0n) is 9.36. The molecule has 0 aliphatic carbocycles. The summed E-state index contributed by atoms with van der Waals surface area (Å²) < 4.78 is 12.7. The van der Waals surface area contributed by atoms with Gasteiger partial charge in [0.05, 0.1) is 11.9 Å². The number of hydrogen-bond acceptors (Lipinski definition) is 4. The van der Waals surface area contributed by atoms with E-state index >= 15 is 0 Å². The second-order valence-corrected chi connectivity index (χ2v) is 5.86. The average molecular weight is 308 g/mol. The molecule has 7 heteroatoms. The molecule has 1 rings (SSSR count). The number of nitrogens with zero attached hydrogens (tertiary/aromatic N) is 2. The minimum Gasteiger partial charge on any atom is -0.379 e. The zero-order chi connectivity index (χ0) is 12.3. The van der Waals surface area contributed by atoms with Crippen LogP contribution >= 0.6 is 15.9 Å². The van der Waals surface area contributed by atoms with Crippen molar-refractivity contribution < 1.29 is 4.21 Å². The maximum Gasteiger partial charge on any atom is 0.282 e. The van der Waals surface area contributed by atoms with Gasteiger partial charge in [0, 0.05) is 35.9 Å². The lowest BCUT2D eigenvalue weighted by Gasteiger charge is -2.14. The number of halogens is 1. The van der Waals surface area contributed by atoms with E-state index in [-0.39, 0.29) is 11.6 Å². The highest BCUT2D eigenvalue weighted by atomic mass is 79.9. The van der Waals surface area contributed by atoms with Gasteiger partial charge in [-0.1, -0.05) is 0 Å². The Balaban J connectivity index is 2.86. The van der Waals surface area contributed by atoms with Gasteiger partial charge in [-0.3, -0.25) is 9.00 Å². The average Bonchev–Trinajstić information content (AvgIpc) is 2.18. The predicted molar refractivity (Wildman–Crippen MR) is 69.2 cm³/mol. The highest BCUT2D eigenvalue weighted by Crippen LogP contribution is 2.16. The highest BCUT2D eigenvalue weighted by molar-refractivity contribution is 9.10. The van der Waals surface area contributed by atoms with Crippen molar-refractivity contribution in [3.8, 4) is 0 Å². The molecule has 2 atom stereocenters. The van der Waals surface area contributed by atoms with E-state index in [0.29, 0.717) is 15.9 Å². The maximum atomic E-state index is 11.5. The molecule has 16 heavy (non-hydrogen) atoms. The highest BCUT2D eigenvalue weighted by Gasteiger charge is 2.10. The van der Waals surface area contributed by atoms with Crippen LogP contribution in [0.5, 0.6) is 0 Å². The van der Waals surface area contributed by atoms with Crippen LogP contribution < -0.4 is 10.9 Å². The third-order valence-electron chi connectivity index (χ3n) is 1.96. The molecule has 0 fully saturated rings. The fraction of sp³-hybridized carbons (Fsp3) is 0.556. The molecule has 2 unspecified atom stereocenters. The van der Waals surface area contributed by atoms with Crippen molar-refractivity contribution in [2.75, 3.05) is 17.3 Å². The molecule has 0 radical (unpaired) electrons. The number of hydrogen-bond donors (Lipinski definition) is 1. The van der Waals surface area contributed by atoms with E-state index in [1.165, 1.54) is 4.68 Å². The summed E-state index contributed by atoms with van der Waals surface area (Å²) in [6.07, 6.45) is 3.22. The Bertz CT molecular complexity index is 461. The molecule has 0 amide bonds. The lowest BCUT2D eigenvalue weighted by molar-refractivity contribution is 0.682. The minimum absolute atomic E-state index is 0.0241. The first-order valence-electron chi connectivity index (χ1n) is 4.70. The van der Waals surface area contributed by atoms with Crippen LogP contribution in [0.15, 0.2) is 15.5 Å². The Morgan fingerprint density at radius 3 is 2.88 bits per heavy atom. The van der Waals surface area contributed by atoms with Gasteiger partial charge in [0.25, 0.3) is 5.56 Å². The Labute approximate surface area is 105 Å². The van der Waals surface area contributed by atoms with Crippen molar-refractivity contribution in [2.24, 2.45) is 7.05 Å². The van der Waals surface area contributed by atoms with E-state index in [9.17, 15) is 9.00 Å². The number of nitrogens with one attached hydrogen (secondary N) is 1. The summed E-state index contributed by atoms with van der Waals surface area (Å²) in [5.74, 6) is 0.529. The molecule has 0 spiro atoms. The third-order valence-corrected chi connectivity index (χ3v) is 3.70. The Kier molecular flexibility index (Phi) is 4.67. The van der Waals surface area contributed by atoms with Crippen molar-refractivity contribution >= 4 is 32.4 Å². The number of rotatable bonds is 4. The van der Waals surface area contributed by atoms with Crippen molar-refractivity contribution in [3.63, 3.8) is 0 Å². The van der Waals surface area contributed by atoms with Crippen LogP contribution in [0.25, 0.3) is 0 Å². The van der Waals surface area contributed by atoms with Crippen LogP contribution in [-0.4, -0.2) is 32.0 Å². The van der Waals surface area contributed by atoms with Crippen molar-refractivity contribution in [1.82, 2.24) is 9.78 Å². The molecule has 5 nitrogen and oxygen atoms in total. The lowest BCUT2D eigenvalue weighted by atomic mass is 10.3. The van der Waals surface area contributed by atoms with Crippen LogP contribution in [-0.2, 0) is 17.8 Å². The van der Waals surface area contributed by atoms with Crippen LogP contribution in [0, 0.1) is 0 Å². The quantitative estimate of drug-likeness (QED) is 0.890. The van der Waals surface area contributed by atoms with E-state index in [0.717, 1.165) is 0 Å². The Hall–Kier alpha value is -0.690. The SMILES string of the molecule is CC(CS(C)=O)Nc1cnn(C)c(=O)c1Br. The summed E-state index contributed by atoms with van der Waals surface area (Å²) in [4.78, 5) is 11.5.